The van der Waals surface area contributed by atoms with Crippen LogP contribution in [-0.4, -0.2) is 27.9 Å². The molecule has 0 aliphatic carbocycles. The van der Waals surface area contributed by atoms with Gasteiger partial charge in [0.15, 0.2) is 0 Å². The molecule has 0 amide bonds. The number of benzene rings is 2. The highest BCUT2D eigenvalue weighted by Gasteiger charge is 2.08. The Hall–Kier alpha value is -1.69. The van der Waals surface area contributed by atoms with Gasteiger partial charge in [0.05, 0.1) is 6.61 Å². The maximum atomic E-state index is 8.88. The van der Waals surface area contributed by atoms with Crippen molar-refractivity contribution in [3.05, 3.63) is 59.7 Å². The zero-order valence-corrected chi connectivity index (χ0v) is 19.1. The van der Waals surface area contributed by atoms with E-state index in [9.17, 15) is 0 Å². The average Bonchev–Trinajstić information content (AvgIpc) is 2.69. The Morgan fingerprint density at radius 1 is 1.03 bits per heavy atom. The maximum absolute atomic E-state index is 8.88. The van der Waals surface area contributed by atoms with Gasteiger partial charge in [-0.2, -0.15) is 0 Å². The van der Waals surface area contributed by atoms with Gasteiger partial charge in [-0.15, -0.1) is 0 Å². The third kappa shape index (κ3) is 12.8. The van der Waals surface area contributed by atoms with Crippen molar-refractivity contribution in [3.63, 3.8) is 0 Å². The minimum atomic E-state index is -4.64. The first kappa shape index (κ1) is 26.3. The monoisotopic (exact) mass is 438 g/mol. The molecule has 0 fully saturated rings. The Labute approximate surface area is 180 Å². The Morgan fingerprint density at radius 3 is 2.30 bits per heavy atom. The first-order chi connectivity index (χ1) is 14.2. The first-order valence-electron chi connectivity index (χ1n) is 10.4. The van der Waals surface area contributed by atoms with Gasteiger partial charge in [-0.3, -0.25) is 0 Å². The van der Waals surface area contributed by atoms with E-state index in [0.29, 0.717) is 5.92 Å². The summed E-state index contributed by atoms with van der Waals surface area (Å²) in [5.41, 5.74) is 2.47. The van der Waals surface area contributed by atoms with Crippen molar-refractivity contribution in [2.24, 2.45) is 5.92 Å². The Morgan fingerprint density at radius 2 is 1.70 bits per heavy atom. The van der Waals surface area contributed by atoms with E-state index >= 15 is 0 Å². The molecule has 0 radical (unpaired) electrons. The molecule has 2 aromatic rings. The van der Waals surface area contributed by atoms with Crippen molar-refractivity contribution in [3.8, 4) is 11.5 Å². The summed E-state index contributed by atoms with van der Waals surface area (Å²) in [5.74, 6) is 2.50. The number of unbranched alkanes of at least 4 members (excludes halogenated alkanes) is 1. The predicted octanol–water partition coefficient (Wildman–Crippen LogP) is 5.63. The van der Waals surface area contributed by atoms with Gasteiger partial charge >= 0.3 is 7.82 Å². The lowest BCUT2D eigenvalue weighted by atomic mass is 10.0. The van der Waals surface area contributed by atoms with Crippen LogP contribution in [0.2, 0.25) is 0 Å². The second-order valence-electron chi connectivity index (χ2n) is 7.28. The lowest BCUT2D eigenvalue weighted by Gasteiger charge is -2.16. The minimum Gasteiger partial charge on any atom is -0.457 e. The summed E-state index contributed by atoms with van der Waals surface area (Å²) in [6, 6.07) is 16.3. The van der Waals surface area contributed by atoms with Gasteiger partial charge in [0, 0.05) is 6.61 Å². The van der Waals surface area contributed by atoms with Crippen LogP contribution in [-0.2, 0) is 15.7 Å². The van der Waals surface area contributed by atoms with Gasteiger partial charge in [-0.1, -0.05) is 69.0 Å². The van der Waals surface area contributed by atoms with E-state index in [-0.39, 0.29) is 0 Å². The average molecular weight is 439 g/mol. The molecular weight excluding hydrogens is 403 g/mol. The Bertz CT molecular complexity index is 751. The molecule has 0 spiro atoms. The minimum absolute atomic E-state index is 0.692. The van der Waals surface area contributed by atoms with Crippen LogP contribution in [0.15, 0.2) is 48.5 Å². The number of ether oxygens (including phenoxy) is 2. The molecule has 2 aromatic carbocycles. The number of hydrogen-bond acceptors (Lipinski definition) is 3. The molecule has 0 saturated heterocycles. The molecule has 0 aliphatic rings. The van der Waals surface area contributed by atoms with Crippen molar-refractivity contribution in [1.82, 2.24) is 0 Å². The molecule has 30 heavy (non-hydrogen) atoms. The zero-order valence-electron chi connectivity index (χ0n) is 18.2. The fraction of sp³-hybridized carbons (Fsp3) is 0.478. The van der Waals surface area contributed by atoms with Crippen molar-refractivity contribution >= 4 is 7.82 Å². The van der Waals surface area contributed by atoms with Gasteiger partial charge < -0.3 is 24.2 Å². The van der Waals surface area contributed by atoms with Crippen LogP contribution in [0.3, 0.4) is 0 Å². The van der Waals surface area contributed by atoms with Crippen LogP contribution < -0.4 is 4.74 Å². The summed E-state index contributed by atoms with van der Waals surface area (Å²) in [5, 5.41) is 0. The van der Waals surface area contributed by atoms with E-state index in [2.05, 4.69) is 39.0 Å². The SMILES string of the molecule is CCCCC(CC)COCCc1cc(C)ccc1Oc1ccccc1.O=P(O)(O)O. The molecule has 3 N–H and O–H groups in total. The molecule has 168 valence electrons. The summed E-state index contributed by atoms with van der Waals surface area (Å²) in [6.45, 7) is 8.25. The fourth-order valence-corrected chi connectivity index (χ4v) is 2.95. The summed E-state index contributed by atoms with van der Waals surface area (Å²) >= 11 is 0. The number of rotatable bonds is 11. The highest BCUT2D eigenvalue weighted by atomic mass is 31.2. The molecule has 1 atom stereocenters. The summed E-state index contributed by atoms with van der Waals surface area (Å²) < 4.78 is 20.9. The zero-order chi connectivity index (χ0) is 22.4. The van der Waals surface area contributed by atoms with Crippen LogP contribution in [0.4, 0.5) is 0 Å². The molecule has 0 aromatic heterocycles. The summed E-state index contributed by atoms with van der Waals surface area (Å²) in [6.07, 6.45) is 5.93. The topological polar surface area (TPSA) is 96.2 Å². The van der Waals surface area contributed by atoms with Gasteiger partial charge in [-0.25, -0.2) is 4.57 Å². The molecule has 0 saturated carbocycles. The van der Waals surface area contributed by atoms with E-state index in [4.69, 9.17) is 28.7 Å². The molecule has 0 aliphatic heterocycles. The van der Waals surface area contributed by atoms with Crippen molar-refractivity contribution < 1.29 is 28.7 Å². The number of para-hydroxylation sites is 1. The molecule has 0 bridgehead atoms. The van der Waals surface area contributed by atoms with E-state index in [1.807, 2.05) is 30.3 Å². The smallest absolute Gasteiger partial charge is 0.457 e. The fourth-order valence-electron chi connectivity index (χ4n) is 2.95. The Kier molecular flexibility index (Phi) is 12.6. The third-order valence-corrected chi connectivity index (χ3v) is 4.60. The van der Waals surface area contributed by atoms with Crippen molar-refractivity contribution in [2.45, 2.75) is 52.9 Å². The van der Waals surface area contributed by atoms with Crippen molar-refractivity contribution in [2.75, 3.05) is 13.2 Å². The summed E-state index contributed by atoms with van der Waals surface area (Å²) in [7, 11) is -4.64. The highest BCUT2D eigenvalue weighted by Crippen LogP contribution is 2.27. The van der Waals surface area contributed by atoms with Crippen molar-refractivity contribution in [1.29, 1.82) is 0 Å². The second kappa shape index (κ2) is 14.3. The van der Waals surface area contributed by atoms with Crippen LogP contribution in [0, 0.1) is 12.8 Å². The standard InChI is InChI=1S/C23H32O2.H3O4P/c1-4-6-10-20(5-2)18-24-16-15-21-17-19(3)13-14-23(21)25-22-11-8-7-9-12-22;1-5(2,3)4/h7-9,11-14,17,20H,4-6,10,15-16,18H2,1-3H3;(H3,1,2,3,4). The molecule has 7 heteroatoms. The molecule has 2 rings (SSSR count). The summed E-state index contributed by atoms with van der Waals surface area (Å²) in [4.78, 5) is 21.6. The van der Waals surface area contributed by atoms with E-state index in [0.717, 1.165) is 31.1 Å². The van der Waals surface area contributed by atoms with Gasteiger partial charge in [-0.05, 0) is 49.4 Å². The maximum Gasteiger partial charge on any atom is 0.466 e. The second-order valence-corrected chi connectivity index (χ2v) is 8.31. The van der Waals surface area contributed by atoms with Crippen LogP contribution in [0.5, 0.6) is 11.5 Å². The lowest BCUT2D eigenvalue weighted by Crippen LogP contribution is -2.11. The van der Waals surface area contributed by atoms with Crippen LogP contribution >= 0.6 is 7.82 Å². The molecular formula is C23H35O6P. The number of phosphoric acid groups is 1. The molecule has 6 nitrogen and oxygen atoms in total. The predicted molar refractivity (Wildman–Crippen MR) is 120 cm³/mol. The van der Waals surface area contributed by atoms with E-state index in [1.54, 1.807) is 0 Å². The largest absolute Gasteiger partial charge is 0.466 e. The van der Waals surface area contributed by atoms with Crippen LogP contribution in [0.1, 0.15) is 50.7 Å². The van der Waals surface area contributed by atoms with Gasteiger partial charge in [0.2, 0.25) is 0 Å². The molecule has 1 unspecified atom stereocenters. The first-order valence-corrected chi connectivity index (χ1v) is 12.0. The van der Waals surface area contributed by atoms with E-state index < -0.39 is 7.82 Å². The highest BCUT2D eigenvalue weighted by molar-refractivity contribution is 7.45. The van der Waals surface area contributed by atoms with Gasteiger partial charge in [0.1, 0.15) is 11.5 Å². The Balaban J connectivity index is 0.000000804. The molecule has 0 heterocycles. The van der Waals surface area contributed by atoms with Gasteiger partial charge in [0.25, 0.3) is 0 Å². The van der Waals surface area contributed by atoms with Crippen LogP contribution in [0.25, 0.3) is 0 Å². The lowest BCUT2D eigenvalue weighted by molar-refractivity contribution is 0.0960. The number of hydrogen-bond donors (Lipinski definition) is 3. The third-order valence-electron chi connectivity index (χ3n) is 4.60. The quantitative estimate of drug-likeness (QED) is 0.311. The van der Waals surface area contributed by atoms with E-state index in [1.165, 1.54) is 36.8 Å². The normalized spacial score (nSPS) is 12.1. The number of aryl methyl sites for hydroxylation is 1.